The van der Waals surface area contributed by atoms with Gasteiger partial charge in [0.1, 0.15) is 22.1 Å². The fourth-order valence-electron chi connectivity index (χ4n) is 2.16. The summed E-state index contributed by atoms with van der Waals surface area (Å²) in [5.74, 6) is 0. The highest BCUT2D eigenvalue weighted by atomic mass is 32.1. The van der Waals surface area contributed by atoms with E-state index in [1.807, 2.05) is 36.4 Å². The van der Waals surface area contributed by atoms with Crippen LogP contribution in [-0.4, -0.2) is 17.5 Å². The average molecular weight is 354 g/mol. The number of rotatable bonds is 1. The molecule has 7 heteroatoms. The van der Waals surface area contributed by atoms with Crippen LogP contribution in [0.2, 0.25) is 0 Å². The summed E-state index contributed by atoms with van der Waals surface area (Å²) in [5, 5.41) is 2.08. The molecule has 5 rings (SSSR count). The second kappa shape index (κ2) is 6.49. The molecule has 0 atom stereocenters. The lowest BCUT2D eigenvalue weighted by Crippen LogP contribution is -1.75. The normalized spacial score (nSPS) is 10.6. The second-order valence-electron chi connectivity index (χ2n) is 4.67. The van der Waals surface area contributed by atoms with Crippen molar-refractivity contribution >= 4 is 56.9 Å². The van der Waals surface area contributed by atoms with Crippen molar-refractivity contribution in [2.24, 2.45) is 0 Å². The highest BCUT2D eigenvalue weighted by Crippen LogP contribution is 2.30. The number of hydrogen-bond donors (Lipinski definition) is 0. The van der Waals surface area contributed by atoms with Gasteiger partial charge in [0.05, 0.1) is 23.5 Å². The number of fused-ring (bicyclic) bond motifs is 2. The SMILES string of the molecule is c1ccc2nsnc2c1.c1csc(-c2cccc3nsnc23)c1. The van der Waals surface area contributed by atoms with Crippen LogP contribution in [0.3, 0.4) is 0 Å². The maximum absolute atomic E-state index is 4.31. The van der Waals surface area contributed by atoms with Crippen molar-refractivity contribution in [1.82, 2.24) is 17.5 Å². The van der Waals surface area contributed by atoms with Crippen LogP contribution in [0.4, 0.5) is 0 Å². The molecule has 0 aliphatic carbocycles. The molecule has 0 saturated heterocycles. The molecule has 23 heavy (non-hydrogen) atoms. The number of hydrogen-bond acceptors (Lipinski definition) is 7. The summed E-state index contributed by atoms with van der Waals surface area (Å²) in [6.07, 6.45) is 0. The van der Waals surface area contributed by atoms with Crippen molar-refractivity contribution in [3.8, 4) is 10.4 Å². The van der Waals surface area contributed by atoms with Crippen LogP contribution in [0, 0.1) is 0 Å². The predicted octanol–water partition coefficient (Wildman–Crippen LogP) is 5.11. The smallest absolute Gasteiger partial charge is 0.113 e. The van der Waals surface area contributed by atoms with Gasteiger partial charge in [-0.2, -0.15) is 17.5 Å². The molecule has 0 N–H and O–H groups in total. The Morgan fingerprint density at radius 3 is 2.04 bits per heavy atom. The van der Waals surface area contributed by atoms with Crippen molar-refractivity contribution in [3.63, 3.8) is 0 Å². The Kier molecular flexibility index (Phi) is 4.06. The maximum Gasteiger partial charge on any atom is 0.113 e. The first-order valence-corrected chi connectivity index (χ1v) is 9.18. The molecule has 3 heterocycles. The van der Waals surface area contributed by atoms with Crippen LogP contribution in [0.5, 0.6) is 0 Å². The second-order valence-corrected chi connectivity index (χ2v) is 6.67. The molecule has 3 aromatic heterocycles. The summed E-state index contributed by atoms with van der Waals surface area (Å²) in [7, 11) is 0. The predicted molar refractivity (Wildman–Crippen MR) is 98.1 cm³/mol. The van der Waals surface area contributed by atoms with E-state index in [0.29, 0.717) is 0 Å². The monoisotopic (exact) mass is 354 g/mol. The molecule has 0 spiro atoms. The van der Waals surface area contributed by atoms with Crippen LogP contribution >= 0.6 is 34.8 Å². The van der Waals surface area contributed by atoms with Gasteiger partial charge in [0.15, 0.2) is 0 Å². The van der Waals surface area contributed by atoms with Crippen molar-refractivity contribution in [2.45, 2.75) is 0 Å². The molecule has 0 aliphatic heterocycles. The van der Waals surface area contributed by atoms with Gasteiger partial charge < -0.3 is 0 Å². The van der Waals surface area contributed by atoms with Gasteiger partial charge in [-0.3, -0.25) is 0 Å². The summed E-state index contributed by atoms with van der Waals surface area (Å²) < 4.78 is 16.6. The van der Waals surface area contributed by atoms with Crippen molar-refractivity contribution in [1.29, 1.82) is 0 Å². The third-order valence-corrected chi connectivity index (χ3v) is 5.24. The van der Waals surface area contributed by atoms with Gasteiger partial charge >= 0.3 is 0 Å². The fourth-order valence-corrected chi connectivity index (χ4v) is 3.99. The fraction of sp³-hybridized carbons (Fsp3) is 0. The van der Waals surface area contributed by atoms with Crippen molar-refractivity contribution in [3.05, 3.63) is 60.0 Å². The number of benzene rings is 2. The Labute approximate surface area is 144 Å². The van der Waals surface area contributed by atoms with E-state index in [-0.39, 0.29) is 0 Å². The Morgan fingerprint density at radius 2 is 1.30 bits per heavy atom. The van der Waals surface area contributed by atoms with Crippen molar-refractivity contribution < 1.29 is 0 Å². The molecule has 2 aromatic carbocycles. The molecule has 4 nitrogen and oxygen atoms in total. The molecule has 0 radical (unpaired) electrons. The standard InChI is InChI=1S/C10H6N2S2.C6H4N2S/c1-3-7(9-5-2-6-13-9)10-8(4-1)11-14-12-10;1-2-4-6-5(3-1)7-9-8-6/h1-6H;1-4H. The first-order valence-electron chi connectivity index (χ1n) is 6.84. The van der Waals surface area contributed by atoms with E-state index in [1.54, 1.807) is 11.3 Å². The van der Waals surface area contributed by atoms with Gasteiger partial charge in [-0.05, 0) is 29.6 Å². The van der Waals surface area contributed by atoms with E-state index in [1.165, 1.54) is 33.9 Å². The minimum Gasteiger partial charge on any atom is -0.173 e. The summed E-state index contributed by atoms with van der Waals surface area (Å²) in [5.41, 5.74) is 5.16. The van der Waals surface area contributed by atoms with Gasteiger partial charge in [-0.15, -0.1) is 11.3 Å². The Bertz CT molecular complexity index is 1000. The minimum atomic E-state index is 0.987. The average Bonchev–Trinajstić information content (AvgIpc) is 3.34. The van der Waals surface area contributed by atoms with Gasteiger partial charge in [0, 0.05) is 10.4 Å². The van der Waals surface area contributed by atoms with Crippen LogP contribution in [0.1, 0.15) is 0 Å². The highest BCUT2D eigenvalue weighted by Gasteiger charge is 2.06. The third kappa shape index (κ3) is 2.98. The van der Waals surface area contributed by atoms with Gasteiger partial charge in [0.2, 0.25) is 0 Å². The van der Waals surface area contributed by atoms with Crippen LogP contribution in [0.25, 0.3) is 32.5 Å². The zero-order valence-electron chi connectivity index (χ0n) is 11.8. The summed E-state index contributed by atoms with van der Waals surface area (Å²) >= 11 is 4.25. The molecule has 0 aliphatic rings. The zero-order chi connectivity index (χ0) is 15.5. The third-order valence-electron chi connectivity index (χ3n) is 3.23. The van der Waals surface area contributed by atoms with Crippen molar-refractivity contribution in [2.75, 3.05) is 0 Å². The van der Waals surface area contributed by atoms with E-state index in [2.05, 4.69) is 41.1 Å². The molecular weight excluding hydrogens is 344 g/mol. The maximum atomic E-state index is 4.31. The lowest BCUT2D eigenvalue weighted by molar-refractivity contribution is 1.64. The van der Waals surface area contributed by atoms with E-state index in [4.69, 9.17) is 0 Å². The van der Waals surface area contributed by atoms with E-state index < -0.39 is 0 Å². The largest absolute Gasteiger partial charge is 0.173 e. The topological polar surface area (TPSA) is 51.6 Å². The van der Waals surface area contributed by atoms with E-state index in [9.17, 15) is 0 Å². The molecular formula is C16H10N4S3. The number of nitrogens with zero attached hydrogens (tertiary/aromatic N) is 4. The van der Waals surface area contributed by atoms with Gasteiger partial charge in [-0.25, -0.2) is 0 Å². The first-order chi connectivity index (χ1) is 11.4. The molecule has 0 unspecified atom stereocenters. The van der Waals surface area contributed by atoms with Crippen LogP contribution < -0.4 is 0 Å². The summed E-state index contributed by atoms with van der Waals surface area (Å²) in [4.78, 5) is 1.25. The molecule has 5 aromatic rings. The van der Waals surface area contributed by atoms with Gasteiger partial charge in [0.25, 0.3) is 0 Å². The molecule has 0 amide bonds. The van der Waals surface area contributed by atoms with E-state index >= 15 is 0 Å². The molecule has 0 bridgehead atoms. The quantitative estimate of drug-likeness (QED) is 0.420. The summed E-state index contributed by atoms with van der Waals surface area (Å²) in [6.45, 7) is 0. The lowest BCUT2D eigenvalue weighted by atomic mass is 10.1. The summed E-state index contributed by atoms with van der Waals surface area (Å²) in [6, 6.07) is 18.1. The molecule has 0 saturated carbocycles. The number of aromatic nitrogens is 4. The molecule has 0 fully saturated rings. The zero-order valence-corrected chi connectivity index (χ0v) is 14.2. The Balaban J connectivity index is 0.000000130. The van der Waals surface area contributed by atoms with E-state index in [0.717, 1.165) is 22.1 Å². The Hall–Kier alpha value is -2.22. The minimum absolute atomic E-state index is 0.987. The lowest BCUT2D eigenvalue weighted by Gasteiger charge is -1.96. The first kappa shape index (κ1) is 14.4. The molecule has 112 valence electrons. The Morgan fingerprint density at radius 1 is 0.609 bits per heavy atom. The number of thiophene rings is 1. The highest BCUT2D eigenvalue weighted by molar-refractivity contribution is 7.13. The van der Waals surface area contributed by atoms with Crippen LogP contribution in [-0.2, 0) is 0 Å². The van der Waals surface area contributed by atoms with Crippen LogP contribution in [0.15, 0.2) is 60.0 Å². The van der Waals surface area contributed by atoms with Gasteiger partial charge in [-0.1, -0.05) is 30.3 Å².